The molecule has 2 aromatic heterocycles. The van der Waals surface area contributed by atoms with E-state index in [1.807, 2.05) is 12.1 Å². The third kappa shape index (κ3) is 2.83. The molecular formula is C16H23N5O. The van der Waals surface area contributed by atoms with Crippen molar-refractivity contribution >= 4 is 22.8 Å². The lowest BCUT2D eigenvalue weighted by Crippen LogP contribution is -2.29. The minimum atomic E-state index is -0.279. The summed E-state index contributed by atoms with van der Waals surface area (Å²) in [5, 5.41) is 13.2. The van der Waals surface area contributed by atoms with Crippen LogP contribution in [0.3, 0.4) is 0 Å². The number of aromatic nitrogens is 3. The molecule has 4 N–H and O–H groups in total. The maximum absolute atomic E-state index is 9.83. The number of unbranched alkanes of at least 4 members (excludes halogenated alkanes) is 2. The third-order valence-corrected chi connectivity index (χ3v) is 4.51. The Morgan fingerprint density at radius 2 is 2.27 bits per heavy atom. The molecule has 1 fully saturated rings. The standard InChI is InChI=1S/C16H23N5O/c1-2-3-4-6-11-9-16(11,10-22)21-14-13-12(7-5-8-18-13)19-15(17)20-14/h5,7-8,11,22H,2-4,6,9-10H2,1H3,(H3,17,19,20,21)/t11-,16+/m1/s1. The summed E-state index contributed by atoms with van der Waals surface area (Å²) in [6.07, 6.45) is 7.46. The molecular weight excluding hydrogens is 278 g/mol. The Balaban J connectivity index is 1.80. The number of pyridine rings is 1. The highest BCUT2D eigenvalue weighted by Gasteiger charge is 2.53. The largest absolute Gasteiger partial charge is 0.394 e. The molecule has 22 heavy (non-hydrogen) atoms. The average molecular weight is 301 g/mol. The molecule has 0 bridgehead atoms. The Kier molecular flexibility index (Phi) is 4.11. The molecule has 1 saturated carbocycles. The first-order valence-corrected chi connectivity index (χ1v) is 7.96. The van der Waals surface area contributed by atoms with Crippen LogP contribution in [0.4, 0.5) is 11.8 Å². The number of nitrogens with zero attached hydrogens (tertiary/aromatic N) is 3. The van der Waals surface area contributed by atoms with Crippen LogP contribution in [-0.2, 0) is 0 Å². The molecule has 1 aliphatic rings. The average Bonchev–Trinajstić information content (AvgIpc) is 3.21. The van der Waals surface area contributed by atoms with Crippen LogP contribution in [-0.4, -0.2) is 32.2 Å². The molecule has 0 aliphatic heterocycles. The Morgan fingerprint density at radius 1 is 1.41 bits per heavy atom. The van der Waals surface area contributed by atoms with Gasteiger partial charge in [-0.15, -0.1) is 0 Å². The van der Waals surface area contributed by atoms with Crippen molar-refractivity contribution in [2.45, 2.75) is 44.6 Å². The van der Waals surface area contributed by atoms with Gasteiger partial charge in [-0.2, -0.15) is 4.98 Å². The number of fused-ring (bicyclic) bond motifs is 1. The van der Waals surface area contributed by atoms with Gasteiger partial charge in [0.25, 0.3) is 0 Å². The molecule has 2 aromatic rings. The lowest BCUT2D eigenvalue weighted by atomic mass is 10.1. The van der Waals surface area contributed by atoms with E-state index in [0.29, 0.717) is 22.8 Å². The van der Waals surface area contributed by atoms with Gasteiger partial charge >= 0.3 is 0 Å². The van der Waals surface area contributed by atoms with Gasteiger partial charge in [0.2, 0.25) is 5.95 Å². The predicted octanol–water partition coefficient (Wildman–Crippen LogP) is 2.35. The second-order valence-corrected chi connectivity index (χ2v) is 6.14. The van der Waals surface area contributed by atoms with E-state index < -0.39 is 0 Å². The molecule has 0 spiro atoms. The van der Waals surface area contributed by atoms with E-state index in [9.17, 15) is 5.11 Å². The van der Waals surface area contributed by atoms with E-state index in [0.717, 1.165) is 12.8 Å². The van der Waals surface area contributed by atoms with Gasteiger partial charge in [-0.25, -0.2) is 4.98 Å². The van der Waals surface area contributed by atoms with Gasteiger partial charge in [0.15, 0.2) is 5.82 Å². The summed E-state index contributed by atoms with van der Waals surface area (Å²) < 4.78 is 0. The number of hydrogen-bond donors (Lipinski definition) is 3. The summed E-state index contributed by atoms with van der Waals surface area (Å²) in [6, 6.07) is 3.69. The van der Waals surface area contributed by atoms with Crippen molar-refractivity contribution in [1.29, 1.82) is 0 Å². The van der Waals surface area contributed by atoms with Crippen LogP contribution in [0, 0.1) is 5.92 Å². The van der Waals surface area contributed by atoms with Gasteiger partial charge in [0.05, 0.1) is 17.7 Å². The maximum Gasteiger partial charge on any atom is 0.222 e. The molecule has 2 atom stereocenters. The monoisotopic (exact) mass is 301 g/mol. The molecule has 3 rings (SSSR count). The number of anilines is 2. The van der Waals surface area contributed by atoms with Crippen molar-refractivity contribution in [3.8, 4) is 0 Å². The van der Waals surface area contributed by atoms with Crippen molar-refractivity contribution in [3.63, 3.8) is 0 Å². The van der Waals surface area contributed by atoms with E-state index in [2.05, 4.69) is 27.2 Å². The number of nitrogens with two attached hydrogens (primary N) is 1. The van der Waals surface area contributed by atoms with Crippen molar-refractivity contribution in [2.24, 2.45) is 5.92 Å². The molecule has 1 aliphatic carbocycles. The highest BCUT2D eigenvalue weighted by molar-refractivity contribution is 5.86. The van der Waals surface area contributed by atoms with Crippen molar-refractivity contribution in [3.05, 3.63) is 18.3 Å². The van der Waals surface area contributed by atoms with Gasteiger partial charge < -0.3 is 16.2 Å². The van der Waals surface area contributed by atoms with Crippen LogP contribution in [0.2, 0.25) is 0 Å². The first kappa shape index (κ1) is 15.0. The second-order valence-electron chi connectivity index (χ2n) is 6.14. The number of aliphatic hydroxyl groups is 1. The van der Waals surface area contributed by atoms with Gasteiger partial charge in [0, 0.05) is 6.20 Å². The van der Waals surface area contributed by atoms with E-state index >= 15 is 0 Å². The summed E-state index contributed by atoms with van der Waals surface area (Å²) >= 11 is 0. The van der Waals surface area contributed by atoms with Crippen LogP contribution in [0.15, 0.2) is 18.3 Å². The molecule has 6 nitrogen and oxygen atoms in total. The van der Waals surface area contributed by atoms with E-state index in [1.54, 1.807) is 6.20 Å². The lowest BCUT2D eigenvalue weighted by molar-refractivity contribution is 0.255. The Bertz CT molecular complexity index is 662. The molecule has 2 heterocycles. The minimum Gasteiger partial charge on any atom is -0.394 e. The molecule has 0 saturated heterocycles. The molecule has 0 radical (unpaired) electrons. The number of nitrogens with one attached hydrogen (secondary N) is 1. The highest BCUT2D eigenvalue weighted by atomic mass is 16.3. The second kappa shape index (κ2) is 6.04. The van der Waals surface area contributed by atoms with Crippen LogP contribution in [0.25, 0.3) is 11.0 Å². The summed E-state index contributed by atoms with van der Waals surface area (Å²) in [5.74, 6) is 1.33. The Labute approximate surface area is 130 Å². The minimum absolute atomic E-state index is 0.0992. The molecule has 6 heteroatoms. The zero-order valence-corrected chi connectivity index (χ0v) is 12.9. The number of rotatable bonds is 7. The fourth-order valence-corrected chi connectivity index (χ4v) is 3.09. The van der Waals surface area contributed by atoms with Crippen LogP contribution >= 0.6 is 0 Å². The third-order valence-electron chi connectivity index (χ3n) is 4.51. The Hall–Kier alpha value is -1.95. The van der Waals surface area contributed by atoms with E-state index in [4.69, 9.17) is 5.73 Å². The summed E-state index contributed by atoms with van der Waals surface area (Å²) in [4.78, 5) is 12.8. The maximum atomic E-state index is 9.83. The number of aliphatic hydroxyl groups excluding tert-OH is 1. The normalized spacial score (nSPS) is 23.6. The van der Waals surface area contributed by atoms with Gasteiger partial charge in [-0.1, -0.05) is 26.2 Å². The van der Waals surface area contributed by atoms with Gasteiger partial charge in [-0.3, -0.25) is 4.98 Å². The summed E-state index contributed by atoms with van der Waals surface area (Å²) in [6.45, 7) is 2.30. The van der Waals surface area contributed by atoms with Gasteiger partial charge in [0.1, 0.15) is 5.52 Å². The quantitative estimate of drug-likeness (QED) is 0.679. The molecule has 0 aromatic carbocycles. The van der Waals surface area contributed by atoms with E-state index in [1.165, 1.54) is 19.3 Å². The zero-order chi connectivity index (χ0) is 15.6. The zero-order valence-electron chi connectivity index (χ0n) is 12.9. The summed E-state index contributed by atoms with van der Waals surface area (Å²) in [7, 11) is 0. The SMILES string of the molecule is CCCCC[C@@H]1C[C@@]1(CO)Nc1nc(N)nc2cccnc12. The predicted molar refractivity (Wildman–Crippen MR) is 87.4 cm³/mol. The van der Waals surface area contributed by atoms with Crippen molar-refractivity contribution in [2.75, 3.05) is 17.7 Å². The smallest absolute Gasteiger partial charge is 0.222 e. The van der Waals surface area contributed by atoms with Gasteiger partial charge in [-0.05, 0) is 30.9 Å². The molecule has 0 unspecified atom stereocenters. The van der Waals surface area contributed by atoms with Crippen LogP contribution < -0.4 is 11.1 Å². The fourth-order valence-electron chi connectivity index (χ4n) is 3.09. The Morgan fingerprint density at radius 3 is 3.05 bits per heavy atom. The highest BCUT2D eigenvalue weighted by Crippen LogP contribution is 2.49. The van der Waals surface area contributed by atoms with Crippen molar-refractivity contribution < 1.29 is 5.11 Å². The fraction of sp³-hybridized carbons (Fsp3) is 0.562. The van der Waals surface area contributed by atoms with Crippen LogP contribution in [0.5, 0.6) is 0 Å². The first-order valence-electron chi connectivity index (χ1n) is 7.96. The summed E-state index contributed by atoms with van der Waals surface area (Å²) in [5.41, 5.74) is 6.92. The first-order chi connectivity index (χ1) is 10.7. The number of hydrogen-bond acceptors (Lipinski definition) is 6. The molecule has 118 valence electrons. The molecule has 0 amide bonds. The topological polar surface area (TPSA) is 97.0 Å². The number of nitrogen functional groups attached to an aromatic ring is 1. The van der Waals surface area contributed by atoms with E-state index in [-0.39, 0.29) is 18.1 Å². The van der Waals surface area contributed by atoms with Crippen molar-refractivity contribution in [1.82, 2.24) is 15.0 Å². The van der Waals surface area contributed by atoms with Crippen LogP contribution in [0.1, 0.15) is 39.0 Å². The lowest BCUT2D eigenvalue weighted by Gasteiger charge is -2.18.